The molecule has 1 atom stereocenters. The monoisotopic (exact) mass is 530 g/mol. The molecule has 1 aromatic carbocycles. The fraction of sp³-hybridized carbons (Fsp3) is 0.579. The first-order valence-electron chi connectivity index (χ1n) is 9.15. The molecule has 166 valence electrons. The molecule has 1 rings (SSSR count). The Morgan fingerprint density at radius 1 is 1.31 bits per heavy atom. The Balaban J connectivity index is 0.00000784. The van der Waals surface area contributed by atoms with E-state index in [9.17, 15) is 18.0 Å². The van der Waals surface area contributed by atoms with Crippen LogP contribution in [0.4, 0.5) is 13.2 Å². The van der Waals surface area contributed by atoms with Crippen molar-refractivity contribution >= 4 is 35.8 Å². The van der Waals surface area contributed by atoms with E-state index in [1.807, 2.05) is 6.92 Å². The number of ether oxygens (including phenoxy) is 1. The van der Waals surface area contributed by atoms with Crippen LogP contribution in [0.25, 0.3) is 0 Å². The Morgan fingerprint density at radius 2 is 2.00 bits per heavy atom. The van der Waals surface area contributed by atoms with Gasteiger partial charge in [-0.05, 0) is 38.0 Å². The average Bonchev–Trinajstić information content (AvgIpc) is 2.64. The molecule has 1 aromatic rings. The van der Waals surface area contributed by atoms with E-state index in [0.717, 1.165) is 18.6 Å². The highest BCUT2D eigenvalue weighted by atomic mass is 127. The highest BCUT2D eigenvalue weighted by Gasteiger charge is 2.30. The lowest BCUT2D eigenvalue weighted by Crippen LogP contribution is -2.40. The molecule has 0 aromatic heterocycles. The first-order chi connectivity index (χ1) is 13.1. The van der Waals surface area contributed by atoms with Crippen LogP contribution in [-0.4, -0.2) is 57.2 Å². The van der Waals surface area contributed by atoms with E-state index in [1.165, 1.54) is 11.0 Å². The van der Waals surface area contributed by atoms with E-state index in [0.29, 0.717) is 31.3 Å². The summed E-state index contributed by atoms with van der Waals surface area (Å²) in [6.07, 6.45) is -3.67. The van der Waals surface area contributed by atoms with Crippen molar-refractivity contribution in [3.05, 3.63) is 35.4 Å². The van der Waals surface area contributed by atoms with Gasteiger partial charge in [-0.25, -0.2) is 4.99 Å². The molecule has 0 radical (unpaired) electrons. The number of guanidine groups is 1. The number of carbonyl (C=O) groups excluding carboxylic acids is 1. The Kier molecular flexibility index (Phi) is 12.9. The number of aliphatic imine (C=N–C) groups is 1. The SMILES string of the molecule is CCOCCCNC(=NCC(=O)N(C)C)NC(C)c1cccc(C(F)(F)F)c1.I. The Hall–Kier alpha value is -1.56. The lowest BCUT2D eigenvalue weighted by Gasteiger charge is -2.20. The molecule has 0 saturated heterocycles. The molecule has 0 aliphatic rings. The number of nitrogens with one attached hydrogen (secondary N) is 2. The van der Waals surface area contributed by atoms with Gasteiger partial charge in [0.2, 0.25) is 5.91 Å². The van der Waals surface area contributed by atoms with Gasteiger partial charge in [-0.3, -0.25) is 4.79 Å². The molecule has 2 N–H and O–H groups in total. The van der Waals surface area contributed by atoms with Crippen LogP contribution >= 0.6 is 24.0 Å². The lowest BCUT2D eigenvalue weighted by atomic mass is 10.1. The molecule has 1 amide bonds. The zero-order valence-corrected chi connectivity index (χ0v) is 19.5. The maximum Gasteiger partial charge on any atom is 0.416 e. The maximum atomic E-state index is 12.9. The lowest BCUT2D eigenvalue weighted by molar-refractivity contribution is -0.137. The number of hydrogen-bond donors (Lipinski definition) is 2. The zero-order valence-electron chi connectivity index (χ0n) is 17.2. The smallest absolute Gasteiger partial charge is 0.382 e. The van der Waals surface area contributed by atoms with Gasteiger partial charge >= 0.3 is 6.18 Å². The average molecular weight is 530 g/mol. The predicted octanol–water partition coefficient (Wildman–Crippen LogP) is 3.43. The van der Waals surface area contributed by atoms with Crippen molar-refractivity contribution in [1.29, 1.82) is 0 Å². The Labute approximate surface area is 187 Å². The summed E-state index contributed by atoms with van der Waals surface area (Å²) in [6.45, 7) is 5.34. The van der Waals surface area contributed by atoms with Gasteiger partial charge in [0.05, 0.1) is 11.6 Å². The number of benzene rings is 1. The molecule has 0 fully saturated rings. The van der Waals surface area contributed by atoms with Gasteiger partial charge in [0, 0.05) is 33.9 Å². The van der Waals surface area contributed by atoms with Crippen molar-refractivity contribution < 1.29 is 22.7 Å². The van der Waals surface area contributed by atoms with Gasteiger partial charge in [-0.15, -0.1) is 24.0 Å². The standard InChI is InChI=1S/C19H29F3N4O2.HI/c1-5-28-11-7-10-23-18(24-13-17(27)26(3)4)25-14(2)15-8-6-9-16(12-15)19(20,21)22;/h6,8-9,12,14H,5,7,10-11,13H2,1-4H3,(H2,23,24,25);1H. The van der Waals surface area contributed by atoms with Gasteiger partial charge in [0.1, 0.15) is 6.54 Å². The van der Waals surface area contributed by atoms with E-state index in [4.69, 9.17) is 4.74 Å². The third-order valence-electron chi connectivity index (χ3n) is 3.90. The second-order valence-electron chi connectivity index (χ2n) is 6.42. The predicted molar refractivity (Wildman–Crippen MR) is 119 cm³/mol. The summed E-state index contributed by atoms with van der Waals surface area (Å²) in [5.74, 6) is 0.179. The third kappa shape index (κ3) is 10.7. The summed E-state index contributed by atoms with van der Waals surface area (Å²) in [4.78, 5) is 17.5. The molecular weight excluding hydrogens is 500 g/mol. The number of hydrogen-bond acceptors (Lipinski definition) is 3. The summed E-state index contributed by atoms with van der Waals surface area (Å²) in [7, 11) is 3.26. The Bertz CT molecular complexity index is 655. The van der Waals surface area contributed by atoms with Gasteiger partial charge in [-0.1, -0.05) is 12.1 Å². The van der Waals surface area contributed by atoms with Crippen molar-refractivity contribution in [2.45, 2.75) is 32.5 Å². The van der Waals surface area contributed by atoms with Crippen LogP contribution in [0, 0.1) is 0 Å². The largest absolute Gasteiger partial charge is 0.416 e. The van der Waals surface area contributed by atoms with Crippen molar-refractivity contribution in [1.82, 2.24) is 15.5 Å². The molecule has 0 spiro atoms. The van der Waals surface area contributed by atoms with Gasteiger partial charge < -0.3 is 20.3 Å². The highest BCUT2D eigenvalue weighted by molar-refractivity contribution is 14.0. The summed E-state index contributed by atoms with van der Waals surface area (Å²) in [5, 5.41) is 6.14. The van der Waals surface area contributed by atoms with Crippen molar-refractivity contribution in [3.63, 3.8) is 0 Å². The highest BCUT2D eigenvalue weighted by Crippen LogP contribution is 2.30. The number of nitrogens with zero attached hydrogens (tertiary/aromatic N) is 2. The third-order valence-corrected chi connectivity index (χ3v) is 3.90. The molecule has 0 saturated carbocycles. The summed E-state index contributed by atoms with van der Waals surface area (Å²) < 4.78 is 44.1. The van der Waals surface area contributed by atoms with Crippen LogP contribution in [0.3, 0.4) is 0 Å². The minimum Gasteiger partial charge on any atom is -0.382 e. The molecule has 0 aliphatic carbocycles. The second-order valence-corrected chi connectivity index (χ2v) is 6.42. The molecule has 1 unspecified atom stereocenters. The van der Waals surface area contributed by atoms with Gasteiger partial charge in [0.15, 0.2) is 5.96 Å². The van der Waals surface area contributed by atoms with Gasteiger partial charge in [0.25, 0.3) is 0 Å². The first-order valence-corrected chi connectivity index (χ1v) is 9.15. The number of alkyl halides is 3. The van der Waals surface area contributed by atoms with Crippen LogP contribution in [0.1, 0.15) is 37.4 Å². The topological polar surface area (TPSA) is 66.0 Å². The molecule has 0 bridgehead atoms. The summed E-state index contributed by atoms with van der Waals surface area (Å²) >= 11 is 0. The molecular formula is C19H30F3IN4O2. The number of likely N-dealkylation sites (N-methyl/N-ethyl adjacent to an activating group) is 1. The minimum absolute atomic E-state index is 0. The van der Waals surface area contributed by atoms with E-state index < -0.39 is 17.8 Å². The van der Waals surface area contributed by atoms with Crippen LogP contribution in [0.15, 0.2) is 29.3 Å². The van der Waals surface area contributed by atoms with E-state index in [1.54, 1.807) is 27.1 Å². The van der Waals surface area contributed by atoms with E-state index >= 15 is 0 Å². The quantitative estimate of drug-likeness (QED) is 0.222. The van der Waals surface area contributed by atoms with Crippen molar-refractivity contribution in [2.24, 2.45) is 4.99 Å². The van der Waals surface area contributed by atoms with Crippen LogP contribution < -0.4 is 10.6 Å². The fourth-order valence-electron chi connectivity index (χ4n) is 2.24. The Morgan fingerprint density at radius 3 is 2.59 bits per heavy atom. The minimum atomic E-state index is -4.40. The normalized spacial score (nSPS) is 12.7. The molecule has 0 heterocycles. The van der Waals surface area contributed by atoms with E-state index in [2.05, 4.69) is 15.6 Å². The molecule has 29 heavy (non-hydrogen) atoms. The number of amides is 1. The van der Waals surface area contributed by atoms with Crippen LogP contribution in [0.2, 0.25) is 0 Å². The maximum absolute atomic E-state index is 12.9. The van der Waals surface area contributed by atoms with Crippen LogP contribution in [-0.2, 0) is 15.7 Å². The fourth-order valence-corrected chi connectivity index (χ4v) is 2.24. The first kappa shape index (κ1) is 27.4. The molecule has 0 aliphatic heterocycles. The second kappa shape index (κ2) is 13.6. The summed E-state index contributed by atoms with van der Waals surface area (Å²) in [5.41, 5.74) is -0.234. The zero-order chi connectivity index (χ0) is 21.2. The number of halogens is 4. The number of carbonyl (C=O) groups is 1. The van der Waals surface area contributed by atoms with Crippen molar-refractivity contribution in [3.8, 4) is 0 Å². The number of rotatable bonds is 9. The molecule has 10 heteroatoms. The van der Waals surface area contributed by atoms with Crippen molar-refractivity contribution in [2.75, 3.05) is 40.4 Å². The molecule has 6 nitrogen and oxygen atoms in total. The van der Waals surface area contributed by atoms with Crippen LogP contribution in [0.5, 0.6) is 0 Å². The van der Waals surface area contributed by atoms with E-state index in [-0.39, 0.29) is 36.4 Å². The summed E-state index contributed by atoms with van der Waals surface area (Å²) in [6, 6.07) is 4.69. The van der Waals surface area contributed by atoms with Gasteiger partial charge in [-0.2, -0.15) is 13.2 Å².